The van der Waals surface area contributed by atoms with Crippen LogP contribution in [0.5, 0.6) is 0 Å². The summed E-state index contributed by atoms with van der Waals surface area (Å²) >= 11 is 0. The first kappa shape index (κ1) is 14.7. The van der Waals surface area contributed by atoms with Crippen LogP contribution in [0.25, 0.3) is 5.82 Å². The molecule has 116 valence electrons. The zero-order valence-electron chi connectivity index (χ0n) is 13.0. The molecule has 1 aliphatic heterocycles. The van der Waals surface area contributed by atoms with E-state index in [1.807, 2.05) is 36.9 Å². The molecule has 1 atom stereocenters. The summed E-state index contributed by atoms with van der Waals surface area (Å²) in [6.07, 6.45) is 2.61. The van der Waals surface area contributed by atoms with Crippen molar-refractivity contribution in [2.24, 2.45) is 11.7 Å². The Morgan fingerprint density at radius 1 is 1.41 bits per heavy atom. The molecule has 1 amide bonds. The van der Waals surface area contributed by atoms with Gasteiger partial charge in [-0.3, -0.25) is 4.79 Å². The van der Waals surface area contributed by atoms with Gasteiger partial charge in [-0.2, -0.15) is 5.10 Å². The Kier molecular flexibility index (Phi) is 3.94. The number of carbonyl (C=O) groups excluding carboxylic acids is 1. The van der Waals surface area contributed by atoms with Crippen LogP contribution in [0.4, 0.5) is 0 Å². The Labute approximate surface area is 129 Å². The maximum absolute atomic E-state index is 12.4. The molecule has 3 heterocycles. The summed E-state index contributed by atoms with van der Waals surface area (Å²) in [6, 6.07) is 5.65. The van der Waals surface area contributed by atoms with Crippen LogP contribution in [0, 0.1) is 19.8 Å². The van der Waals surface area contributed by atoms with Crippen LogP contribution in [-0.2, 0) is 0 Å². The highest BCUT2D eigenvalue weighted by Gasteiger charge is 2.26. The Hall–Kier alpha value is -2.21. The number of nitrogens with zero attached hydrogens (tertiary/aromatic N) is 4. The number of likely N-dealkylation sites (tertiary alicyclic amines) is 1. The summed E-state index contributed by atoms with van der Waals surface area (Å²) in [5.41, 5.74) is 8.26. The van der Waals surface area contributed by atoms with Crippen LogP contribution in [0.1, 0.15) is 28.2 Å². The van der Waals surface area contributed by atoms with Gasteiger partial charge in [-0.25, -0.2) is 9.67 Å². The summed E-state index contributed by atoms with van der Waals surface area (Å²) in [5, 5.41) is 4.40. The first-order valence-corrected chi connectivity index (χ1v) is 7.57. The number of carbonyl (C=O) groups is 1. The highest BCUT2D eigenvalue weighted by atomic mass is 16.2. The third kappa shape index (κ3) is 2.74. The molecule has 0 aromatic carbocycles. The van der Waals surface area contributed by atoms with E-state index in [-0.39, 0.29) is 5.91 Å². The SMILES string of the molecule is Cc1cc(C)n(-c2ccc(C(=O)N3CCC(CN)C3)cn2)n1. The second-order valence-corrected chi connectivity index (χ2v) is 5.89. The van der Waals surface area contributed by atoms with Crippen molar-refractivity contribution in [1.29, 1.82) is 0 Å². The van der Waals surface area contributed by atoms with Gasteiger partial charge in [0.2, 0.25) is 0 Å². The Bertz CT molecular complexity index is 676. The maximum Gasteiger partial charge on any atom is 0.255 e. The van der Waals surface area contributed by atoms with Crippen molar-refractivity contribution in [1.82, 2.24) is 19.7 Å². The normalized spacial score (nSPS) is 18.0. The molecule has 6 nitrogen and oxygen atoms in total. The van der Waals surface area contributed by atoms with E-state index in [2.05, 4.69) is 10.1 Å². The van der Waals surface area contributed by atoms with Gasteiger partial charge in [0.25, 0.3) is 5.91 Å². The van der Waals surface area contributed by atoms with E-state index in [4.69, 9.17) is 5.73 Å². The quantitative estimate of drug-likeness (QED) is 0.927. The van der Waals surface area contributed by atoms with Gasteiger partial charge in [0.05, 0.1) is 11.3 Å². The number of hydrogen-bond acceptors (Lipinski definition) is 4. The van der Waals surface area contributed by atoms with E-state index >= 15 is 0 Å². The standard InChI is InChI=1S/C16H21N5O/c1-11-7-12(2)21(19-11)15-4-3-14(9-18-15)16(22)20-6-5-13(8-17)10-20/h3-4,7,9,13H,5-6,8,10,17H2,1-2H3. The molecule has 0 saturated carbocycles. The first-order valence-electron chi connectivity index (χ1n) is 7.57. The fraction of sp³-hybridized carbons (Fsp3) is 0.438. The number of rotatable bonds is 3. The third-order valence-corrected chi connectivity index (χ3v) is 4.13. The van der Waals surface area contributed by atoms with Crippen molar-refractivity contribution in [2.75, 3.05) is 19.6 Å². The van der Waals surface area contributed by atoms with Gasteiger partial charge in [-0.15, -0.1) is 0 Å². The van der Waals surface area contributed by atoms with E-state index in [9.17, 15) is 4.79 Å². The Morgan fingerprint density at radius 3 is 2.77 bits per heavy atom. The van der Waals surface area contributed by atoms with Crippen LogP contribution < -0.4 is 5.73 Å². The molecule has 1 aliphatic rings. The monoisotopic (exact) mass is 299 g/mol. The van der Waals surface area contributed by atoms with Crippen LogP contribution in [0.15, 0.2) is 24.4 Å². The predicted molar refractivity (Wildman–Crippen MR) is 83.9 cm³/mol. The van der Waals surface area contributed by atoms with Crippen LogP contribution in [0.3, 0.4) is 0 Å². The lowest BCUT2D eigenvalue weighted by molar-refractivity contribution is 0.0787. The topological polar surface area (TPSA) is 77.0 Å². The number of pyridine rings is 1. The average Bonchev–Trinajstić information content (AvgIpc) is 3.13. The number of hydrogen-bond donors (Lipinski definition) is 1. The third-order valence-electron chi connectivity index (χ3n) is 4.13. The molecule has 0 spiro atoms. The molecular weight excluding hydrogens is 278 g/mol. The van der Waals surface area contributed by atoms with E-state index in [0.717, 1.165) is 36.7 Å². The number of nitrogens with two attached hydrogens (primary N) is 1. The summed E-state index contributed by atoms with van der Waals surface area (Å²) in [7, 11) is 0. The maximum atomic E-state index is 12.4. The molecule has 0 aliphatic carbocycles. The minimum atomic E-state index is 0.0309. The average molecular weight is 299 g/mol. The molecule has 2 aromatic rings. The van der Waals surface area contributed by atoms with Crippen LogP contribution >= 0.6 is 0 Å². The Balaban J connectivity index is 1.77. The van der Waals surface area contributed by atoms with E-state index < -0.39 is 0 Å². The lowest BCUT2D eigenvalue weighted by atomic mass is 10.1. The zero-order valence-corrected chi connectivity index (χ0v) is 13.0. The van der Waals surface area contributed by atoms with Crippen LogP contribution in [0.2, 0.25) is 0 Å². The molecule has 2 aromatic heterocycles. The zero-order chi connectivity index (χ0) is 15.7. The lowest BCUT2D eigenvalue weighted by Gasteiger charge is -2.16. The molecular formula is C16H21N5O. The minimum absolute atomic E-state index is 0.0309. The molecule has 22 heavy (non-hydrogen) atoms. The van der Waals surface area contributed by atoms with Gasteiger partial charge < -0.3 is 10.6 Å². The summed E-state index contributed by atoms with van der Waals surface area (Å²) in [6.45, 7) is 6.09. The highest BCUT2D eigenvalue weighted by molar-refractivity contribution is 5.94. The van der Waals surface area contributed by atoms with E-state index in [0.29, 0.717) is 18.0 Å². The molecule has 3 rings (SSSR count). The van der Waals surface area contributed by atoms with Crippen molar-refractivity contribution in [2.45, 2.75) is 20.3 Å². The second-order valence-electron chi connectivity index (χ2n) is 5.89. The van der Waals surface area contributed by atoms with E-state index in [1.54, 1.807) is 10.9 Å². The van der Waals surface area contributed by atoms with Gasteiger partial charge in [0, 0.05) is 25.0 Å². The van der Waals surface area contributed by atoms with Gasteiger partial charge in [-0.1, -0.05) is 0 Å². The molecule has 2 N–H and O–H groups in total. The molecule has 1 saturated heterocycles. The Morgan fingerprint density at radius 2 is 2.23 bits per heavy atom. The van der Waals surface area contributed by atoms with Gasteiger partial charge in [0.1, 0.15) is 0 Å². The number of aryl methyl sites for hydroxylation is 2. The number of aromatic nitrogens is 3. The summed E-state index contributed by atoms with van der Waals surface area (Å²) in [5.74, 6) is 1.18. The molecule has 0 bridgehead atoms. The fourth-order valence-corrected chi connectivity index (χ4v) is 2.89. The fourth-order valence-electron chi connectivity index (χ4n) is 2.89. The minimum Gasteiger partial charge on any atom is -0.338 e. The van der Waals surface area contributed by atoms with E-state index in [1.165, 1.54) is 0 Å². The molecule has 1 fully saturated rings. The van der Waals surface area contributed by atoms with Crippen molar-refractivity contribution in [3.05, 3.63) is 41.3 Å². The first-order chi connectivity index (χ1) is 10.6. The van der Waals surface area contributed by atoms with Gasteiger partial charge in [0.15, 0.2) is 5.82 Å². The smallest absolute Gasteiger partial charge is 0.255 e. The van der Waals surface area contributed by atoms with Crippen molar-refractivity contribution >= 4 is 5.91 Å². The summed E-state index contributed by atoms with van der Waals surface area (Å²) in [4.78, 5) is 18.7. The van der Waals surface area contributed by atoms with Gasteiger partial charge >= 0.3 is 0 Å². The molecule has 1 unspecified atom stereocenters. The van der Waals surface area contributed by atoms with Crippen molar-refractivity contribution < 1.29 is 4.79 Å². The number of amides is 1. The largest absolute Gasteiger partial charge is 0.338 e. The second kappa shape index (κ2) is 5.88. The highest BCUT2D eigenvalue weighted by Crippen LogP contribution is 2.18. The lowest BCUT2D eigenvalue weighted by Crippen LogP contribution is -2.30. The van der Waals surface area contributed by atoms with Crippen molar-refractivity contribution in [3.63, 3.8) is 0 Å². The van der Waals surface area contributed by atoms with Crippen LogP contribution in [-0.4, -0.2) is 45.2 Å². The molecule has 6 heteroatoms. The summed E-state index contributed by atoms with van der Waals surface area (Å²) < 4.78 is 1.78. The molecule has 0 radical (unpaired) electrons. The van der Waals surface area contributed by atoms with Gasteiger partial charge in [-0.05, 0) is 50.9 Å². The predicted octanol–water partition coefficient (Wildman–Crippen LogP) is 1.30. The van der Waals surface area contributed by atoms with Crippen molar-refractivity contribution in [3.8, 4) is 5.82 Å².